The smallest absolute Gasteiger partial charge is 0.323 e. The van der Waals surface area contributed by atoms with Crippen LogP contribution in [0.1, 0.15) is 33.1 Å². The highest BCUT2D eigenvalue weighted by Crippen LogP contribution is 2.44. The SMILES string of the molecule is COc1ccc(OC)c(C(c2c(C)n(C)n(-c3ccccc3)c2=O)C2C(=O)Oc3ccccc3C2=O)c1. The number of ether oxygens (including phenoxy) is 3. The summed E-state index contributed by atoms with van der Waals surface area (Å²) >= 11 is 0. The predicted octanol–water partition coefficient (Wildman–Crippen LogP) is 4.05. The van der Waals surface area contributed by atoms with Crippen LogP contribution in [0.15, 0.2) is 77.6 Å². The molecule has 5 rings (SSSR count). The number of Topliss-reactive ketones (excluding diaryl/α,β-unsaturated/α-hetero) is 1. The van der Waals surface area contributed by atoms with Gasteiger partial charge in [0.05, 0.1) is 25.5 Å². The molecule has 8 nitrogen and oxygen atoms in total. The summed E-state index contributed by atoms with van der Waals surface area (Å²) in [6.45, 7) is 1.79. The van der Waals surface area contributed by atoms with E-state index in [9.17, 15) is 14.4 Å². The normalized spacial score (nSPS) is 15.6. The molecular formula is C29H26N2O6. The first-order valence-electron chi connectivity index (χ1n) is 11.8. The van der Waals surface area contributed by atoms with Crippen LogP contribution >= 0.6 is 0 Å². The summed E-state index contributed by atoms with van der Waals surface area (Å²) in [5.41, 5.74) is 1.97. The van der Waals surface area contributed by atoms with Crippen LogP contribution in [-0.4, -0.2) is 35.3 Å². The maximum absolute atomic E-state index is 14.1. The Balaban J connectivity index is 1.81. The molecule has 188 valence electrons. The van der Waals surface area contributed by atoms with Gasteiger partial charge in [-0.2, -0.15) is 0 Å². The number of fused-ring (bicyclic) bond motifs is 1. The lowest BCUT2D eigenvalue weighted by Gasteiger charge is -2.29. The Labute approximate surface area is 213 Å². The van der Waals surface area contributed by atoms with Crippen molar-refractivity contribution in [3.8, 4) is 22.9 Å². The fraction of sp³-hybridized carbons (Fsp3) is 0.207. The van der Waals surface area contributed by atoms with Crippen LogP contribution in [0.3, 0.4) is 0 Å². The molecule has 1 aliphatic rings. The van der Waals surface area contributed by atoms with E-state index in [-0.39, 0.29) is 16.9 Å². The van der Waals surface area contributed by atoms with Crippen molar-refractivity contribution < 1.29 is 23.8 Å². The molecule has 2 unspecified atom stereocenters. The van der Waals surface area contributed by atoms with Crippen molar-refractivity contribution in [3.05, 3.63) is 106 Å². The molecule has 3 aromatic carbocycles. The number of nitrogens with zero attached hydrogens (tertiary/aromatic N) is 2. The fourth-order valence-electron chi connectivity index (χ4n) is 5.02. The van der Waals surface area contributed by atoms with Gasteiger partial charge in [0.25, 0.3) is 5.56 Å². The maximum Gasteiger partial charge on any atom is 0.323 e. The predicted molar refractivity (Wildman–Crippen MR) is 137 cm³/mol. The Kier molecular flexibility index (Phi) is 6.17. The standard InChI is InChI=1S/C29H26N2O6/c1-17-24(28(33)31(30(17)2)18-10-6-5-7-11-18)25(21-16-19(35-3)14-15-22(21)36-4)26-27(32)20-12-8-9-13-23(20)37-29(26)34/h5-16,25-26H,1-4H3. The van der Waals surface area contributed by atoms with Gasteiger partial charge in [-0.1, -0.05) is 30.3 Å². The van der Waals surface area contributed by atoms with Crippen LogP contribution in [0.25, 0.3) is 5.69 Å². The van der Waals surface area contributed by atoms with Crippen molar-refractivity contribution in [2.75, 3.05) is 14.2 Å². The van der Waals surface area contributed by atoms with Crippen LogP contribution in [0.2, 0.25) is 0 Å². The Morgan fingerprint density at radius 3 is 2.30 bits per heavy atom. The molecule has 2 atom stereocenters. The lowest BCUT2D eigenvalue weighted by Crippen LogP contribution is -2.39. The quantitative estimate of drug-likeness (QED) is 0.226. The van der Waals surface area contributed by atoms with Gasteiger partial charge < -0.3 is 14.2 Å². The summed E-state index contributed by atoms with van der Waals surface area (Å²) in [6.07, 6.45) is 0. The fourth-order valence-corrected chi connectivity index (χ4v) is 5.02. The van der Waals surface area contributed by atoms with E-state index in [2.05, 4.69) is 0 Å². The number of carbonyl (C=O) groups is 2. The lowest BCUT2D eigenvalue weighted by atomic mass is 9.75. The summed E-state index contributed by atoms with van der Waals surface area (Å²) < 4.78 is 20.0. The number of hydrogen-bond donors (Lipinski definition) is 0. The monoisotopic (exact) mass is 498 g/mol. The van der Waals surface area contributed by atoms with E-state index < -0.39 is 23.6 Å². The average molecular weight is 499 g/mol. The minimum atomic E-state index is -1.31. The average Bonchev–Trinajstić information content (AvgIpc) is 3.14. The van der Waals surface area contributed by atoms with E-state index in [4.69, 9.17) is 14.2 Å². The number of rotatable bonds is 6. The highest BCUT2D eigenvalue weighted by Gasteiger charge is 2.46. The number of para-hydroxylation sites is 2. The number of benzene rings is 3. The van der Waals surface area contributed by atoms with Crippen molar-refractivity contribution in [2.24, 2.45) is 13.0 Å². The summed E-state index contributed by atoms with van der Waals surface area (Å²) in [6, 6.07) is 20.9. The zero-order valence-corrected chi connectivity index (χ0v) is 20.9. The van der Waals surface area contributed by atoms with E-state index in [0.29, 0.717) is 34.0 Å². The minimum absolute atomic E-state index is 0.205. The van der Waals surface area contributed by atoms with Crippen molar-refractivity contribution in [1.29, 1.82) is 0 Å². The molecule has 0 N–H and O–H groups in total. The van der Waals surface area contributed by atoms with Crippen LogP contribution in [-0.2, 0) is 11.8 Å². The van der Waals surface area contributed by atoms with Crippen LogP contribution in [0.5, 0.6) is 17.2 Å². The topological polar surface area (TPSA) is 88.8 Å². The lowest BCUT2D eigenvalue weighted by molar-refractivity contribution is -0.138. The highest BCUT2D eigenvalue weighted by atomic mass is 16.5. The molecule has 37 heavy (non-hydrogen) atoms. The highest BCUT2D eigenvalue weighted by molar-refractivity contribution is 6.14. The Morgan fingerprint density at radius 1 is 0.892 bits per heavy atom. The molecule has 0 aliphatic carbocycles. The van der Waals surface area contributed by atoms with Crippen molar-refractivity contribution >= 4 is 11.8 Å². The molecule has 1 aliphatic heterocycles. The molecule has 0 saturated heterocycles. The van der Waals surface area contributed by atoms with Crippen molar-refractivity contribution in [2.45, 2.75) is 12.8 Å². The Hall–Kier alpha value is -4.59. The first kappa shape index (κ1) is 24.1. The molecule has 8 heteroatoms. The van der Waals surface area contributed by atoms with E-state index >= 15 is 0 Å². The third-order valence-electron chi connectivity index (χ3n) is 6.91. The summed E-state index contributed by atoms with van der Waals surface area (Å²) in [5, 5.41) is 0. The van der Waals surface area contributed by atoms with Gasteiger partial charge in [0.1, 0.15) is 23.2 Å². The number of aromatic nitrogens is 2. The molecule has 1 aromatic heterocycles. The number of hydrogen-bond acceptors (Lipinski definition) is 6. The first-order valence-corrected chi connectivity index (χ1v) is 11.8. The van der Waals surface area contributed by atoms with Gasteiger partial charge in [0.2, 0.25) is 0 Å². The van der Waals surface area contributed by atoms with Gasteiger partial charge in [-0.05, 0) is 49.4 Å². The summed E-state index contributed by atoms with van der Waals surface area (Å²) in [7, 11) is 4.79. The van der Waals surface area contributed by atoms with Crippen LogP contribution < -0.4 is 19.8 Å². The van der Waals surface area contributed by atoms with Gasteiger partial charge in [-0.25, -0.2) is 4.68 Å². The second-order valence-corrected chi connectivity index (χ2v) is 8.82. The van der Waals surface area contributed by atoms with Gasteiger partial charge in [0, 0.05) is 29.8 Å². The third kappa shape index (κ3) is 3.91. The Morgan fingerprint density at radius 2 is 1.59 bits per heavy atom. The second-order valence-electron chi connectivity index (χ2n) is 8.82. The first-order chi connectivity index (χ1) is 17.9. The number of esters is 1. The van der Waals surface area contributed by atoms with E-state index in [1.54, 1.807) is 61.1 Å². The number of ketones is 1. The Bertz CT molecular complexity index is 1570. The number of methoxy groups -OCH3 is 2. The van der Waals surface area contributed by atoms with E-state index in [0.717, 1.165) is 0 Å². The van der Waals surface area contributed by atoms with E-state index in [1.165, 1.54) is 18.9 Å². The molecule has 0 saturated carbocycles. The second kappa shape index (κ2) is 9.46. The molecule has 2 heterocycles. The van der Waals surface area contributed by atoms with Crippen LogP contribution in [0.4, 0.5) is 0 Å². The maximum atomic E-state index is 14.1. The third-order valence-corrected chi connectivity index (χ3v) is 6.91. The molecule has 0 amide bonds. The zero-order valence-electron chi connectivity index (χ0n) is 20.9. The molecular weight excluding hydrogens is 472 g/mol. The molecule has 0 spiro atoms. The number of carbonyl (C=O) groups excluding carboxylic acids is 2. The molecule has 0 fully saturated rings. The van der Waals surface area contributed by atoms with E-state index in [1.807, 2.05) is 30.3 Å². The summed E-state index contributed by atoms with van der Waals surface area (Å²) in [4.78, 5) is 41.4. The zero-order chi connectivity index (χ0) is 26.3. The summed E-state index contributed by atoms with van der Waals surface area (Å²) in [5.74, 6) is -2.34. The molecule has 0 bridgehead atoms. The largest absolute Gasteiger partial charge is 0.497 e. The minimum Gasteiger partial charge on any atom is -0.497 e. The van der Waals surface area contributed by atoms with Gasteiger partial charge in [0.15, 0.2) is 5.78 Å². The van der Waals surface area contributed by atoms with Gasteiger partial charge in [-0.3, -0.25) is 19.1 Å². The molecule has 4 aromatic rings. The van der Waals surface area contributed by atoms with Gasteiger partial charge >= 0.3 is 5.97 Å². The molecule has 0 radical (unpaired) electrons. The van der Waals surface area contributed by atoms with Gasteiger partial charge in [-0.15, -0.1) is 0 Å². The van der Waals surface area contributed by atoms with Crippen molar-refractivity contribution in [1.82, 2.24) is 9.36 Å². The van der Waals surface area contributed by atoms with Crippen molar-refractivity contribution in [3.63, 3.8) is 0 Å². The van der Waals surface area contributed by atoms with Crippen LogP contribution in [0, 0.1) is 12.8 Å².